The van der Waals surface area contributed by atoms with Crippen molar-refractivity contribution in [2.75, 3.05) is 0 Å². The summed E-state index contributed by atoms with van der Waals surface area (Å²) >= 11 is 0. The van der Waals surface area contributed by atoms with Gasteiger partial charge in [-0.1, -0.05) is 0 Å². The Morgan fingerprint density at radius 2 is 2.08 bits per heavy atom. The number of hydrogen-bond donors (Lipinski definition) is 2. The first-order chi connectivity index (χ1) is 5.77. The van der Waals surface area contributed by atoms with Gasteiger partial charge in [-0.25, -0.2) is 0 Å². The minimum atomic E-state index is -0.396. The van der Waals surface area contributed by atoms with Crippen molar-refractivity contribution in [3.05, 3.63) is 40.6 Å². The van der Waals surface area contributed by atoms with Gasteiger partial charge in [-0.2, -0.15) is 0 Å². The Morgan fingerprint density at radius 1 is 1.31 bits per heavy atom. The fourth-order valence-corrected chi connectivity index (χ4v) is 1.15. The topological polar surface area (TPSA) is 93.9 Å². The highest BCUT2D eigenvalue weighted by molar-refractivity contribution is 5.81. The number of H-pyrrole nitrogens is 1. The highest BCUT2D eigenvalue weighted by Gasteiger charge is 2.05. The van der Waals surface area contributed by atoms with Gasteiger partial charge in [0.05, 0.1) is 4.92 Å². The maximum Gasteiger partial charge on any atom is 0.270 e. The van der Waals surface area contributed by atoms with Crippen LogP contribution in [0.4, 0.5) is 5.69 Å². The zero-order valence-electron chi connectivity index (χ0n) is 6.86. The monoisotopic (exact) mass is 179 g/mol. The normalized spacial score (nSPS) is 9.54. The van der Waals surface area contributed by atoms with Crippen molar-refractivity contribution >= 4 is 16.6 Å². The highest BCUT2D eigenvalue weighted by Crippen LogP contribution is 2.18. The van der Waals surface area contributed by atoms with E-state index in [0.29, 0.717) is 0 Å². The zero-order chi connectivity index (χ0) is 8.55. The van der Waals surface area contributed by atoms with Crippen LogP contribution in [0.25, 0.3) is 10.9 Å². The number of nitro groups is 1. The third-order valence-corrected chi connectivity index (χ3v) is 1.75. The summed E-state index contributed by atoms with van der Waals surface area (Å²) in [4.78, 5) is 12.9. The van der Waals surface area contributed by atoms with Gasteiger partial charge in [-0.15, -0.1) is 0 Å². The number of nitro benzene ring substituents is 1. The number of fused-ring (bicyclic) bond motifs is 1. The quantitative estimate of drug-likeness (QED) is 0.519. The van der Waals surface area contributed by atoms with Crippen LogP contribution in [0.15, 0.2) is 30.5 Å². The fourth-order valence-electron chi connectivity index (χ4n) is 1.15. The first-order valence-electron chi connectivity index (χ1n) is 3.49. The Labute approximate surface area is 74.1 Å². The highest BCUT2D eigenvalue weighted by atomic mass is 16.6. The van der Waals surface area contributed by atoms with E-state index in [1.54, 1.807) is 18.3 Å². The van der Waals surface area contributed by atoms with E-state index in [0.717, 1.165) is 10.9 Å². The van der Waals surface area contributed by atoms with Crippen molar-refractivity contribution in [2.24, 2.45) is 0 Å². The molecule has 2 rings (SSSR count). The lowest BCUT2D eigenvalue weighted by Crippen LogP contribution is -1.86. The summed E-state index contributed by atoms with van der Waals surface area (Å²) in [5.41, 5.74) is 1.04. The second-order valence-corrected chi connectivity index (χ2v) is 2.51. The smallest absolute Gasteiger partial charge is 0.270 e. The Balaban J connectivity index is 0.000000845. The van der Waals surface area contributed by atoms with E-state index in [4.69, 9.17) is 0 Å². The van der Waals surface area contributed by atoms with Crippen molar-refractivity contribution in [3.63, 3.8) is 0 Å². The average Bonchev–Trinajstić information content (AvgIpc) is 2.49. The molecule has 0 saturated heterocycles. The van der Waals surface area contributed by atoms with Crippen LogP contribution in [0.2, 0.25) is 0 Å². The van der Waals surface area contributed by atoms with Gasteiger partial charge < -0.3 is 11.1 Å². The van der Waals surface area contributed by atoms with Crippen LogP contribution in [0.1, 0.15) is 0 Å². The van der Waals surface area contributed by atoms with E-state index in [1.165, 1.54) is 6.07 Å². The first-order valence-corrected chi connectivity index (χ1v) is 3.49. The van der Waals surface area contributed by atoms with Crippen LogP contribution >= 0.6 is 0 Å². The molecule has 0 radical (unpaired) electrons. The Morgan fingerprint density at radius 3 is 2.77 bits per heavy atom. The molecule has 5 nitrogen and oxygen atoms in total. The number of hydrogen-bond acceptors (Lipinski definition) is 3. The molecule has 0 aliphatic carbocycles. The molecule has 0 aliphatic heterocycles. The van der Waals surface area contributed by atoms with Gasteiger partial charge in [0.25, 0.3) is 5.69 Å². The largest absolute Gasteiger partial charge is 0.361 e. The number of non-ortho nitro benzene ring substituents is 1. The van der Waals surface area contributed by atoms with Gasteiger partial charge in [0.1, 0.15) is 0 Å². The van der Waals surface area contributed by atoms with Crippen LogP contribution in [-0.4, -0.2) is 9.91 Å². The average molecular weight is 179 g/mol. The molecule has 1 aromatic heterocycles. The Bertz CT molecular complexity index is 436. The zero-order valence-corrected chi connectivity index (χ0v) is 6.86. The molecule has 2 aromatic rings. The van der Waals surface area contributed by atoms with Crippen molar-refractivity contribution in [1.82, 2.24) is 11.1 Å². The number of nitrogens with one attached hydrogen (secondary N) is 1. The predicted octanol–water partition coefficient (Wildman–Crippen LogP) is 2.24. The lowest BCUT2D eigenvalue weighted by Gasteiger charge is -1.90. The van der Waals surface area contributed by atoms with Crippen LogP contribution in [0.5, 0.6) is 0 Å². The summed E-state index contributed by atoms with van der Waals surface area (Å²) in [5.74, 6) is 0. The van der Waals surface area contributed by atoms with Crippen molar-refractivity contribution in [2.45, 2.75) is 0 Å². The van der Waals surface area contributed by atoms with Crippen LogP contribution in [0, 0.1) is 10.1 Å². The van der Waals surface area contributed by atoms with E-state index >= 15 is 0 Å². The van der Waals surface area contributed by atoms with Crippen molar-refractivity contribution in [1.29, 1.82) is 0 Å². The van der Waals surface area contributed by atoms with Crippen molar-refractivity contribution in [3.8, 4) is 0 Å². The van der Waals surface area contributed by atoms with Gasteiger partial charge >= 0.3 is 0 Å². The lowest BCUT2D eigenvalue weighted by molar-refractivity contribution is -0.384. The second kappa shape index (κ2) is 3.24. The number of aromatic amines is 1. The van der Waals surface area contributed by atoms with Crippen molar-refractivity contribution < 1.29 is 4.92 Å². The molecular formula is C8H9N3O2. The molecule has 4 N–H and O–H groups in total. The number of rotatable bonds is 1. The molecule has 0 atom stereocenters. The molecule has 13 heavy (non-hydrogen) atoms. The maximum absolute atomic E-state index is 10.4. The molecule has 1 heterocycles. The molecular weight excluding hydrogens is 170 g/mol. The summed E-state index contributed by atoms with van der Waals surface area (Å²) in [5, 5.41) is 11.2. The summed E-state index contributed by atoms with van der Waals surface area (Å²) in [6.45, 7) is 0. The molecule has 5 heteroatoms. The standard InChI is InChI=1S/C8H6N2O2.H3N/c11-10(12)7-1-2-8-6(5-7)3-4-9-8;/h1-5,9H;1H3. The van der Waals surface area contributed by atoms with Gasteiger partial charge in [0.15, 0.2) is 0 Å². The third-order valence-electron chi connectivity index (χ3n) is 1.75. The third kappa shape index (κ3) is 1.50. The molecule has 0 amide bonds. The number of nitrogens with zero attached hydrogens (tertiary/aromatic N) is 1. The second-order valence-electron chi connectivity index (χ2n) is 2.51. The maximum atomic E-state index is 10.4. The molecule has 0 aliphatic rings. The molecule has 0 fully saturated rings. The van der Waals surface area contributed by atoms with Gasteiger partial charge in [0, 0.05) is 29.2 Å². The van der Waals surface area contributed by atoms with E-state index in [9.17, 15) is 10.1 Å². The van der Waals surface area contributed by atoms with Crippen LogP contribution < -0.4 is 6.15 Å². The van der Waals surface area contributed by atoms with Crippen LogP contribution in [0.3, 0.4) is 0 Å². The minimum Gasteiger partial charge on any atom is -0.361 e. The molecule has 0 saturated carbocycles. The summed E-state index contributed by atoms with van der Waals surface area (Å²) in [6, 6.07) is 6.54. The molecule has 0 spiro atoms. The van der Waals surface area contributed by atoms with Crippen LogP contribution in [-0.2, 0) is 0 Å². The van der Waals surface area contributed by atoms with Gasteiger partial charge in [0.2, 0.25) is 0 Å². The van der Waals surface area contributed by atoms with E-state index in [2.05, 4.69) is 4.98 Å². The van der Waals surface area contributed by atoms with Gasteiger partial charge in [-0.3, -0.25) is 10.1 Å². The minimum absolute atomic E-state index is 0. The number of aromatic nitrogens is 1. The van der Waals surface area contributed by atoms with E-state index in [1.807, 2.05) is 6.07 Å². The Hall–Kier alpha value is -1.88. The number of benzene rings is 1. The summed E-state index contributed by atoms with van der Waals surface area (Å²) < 4.78 is 0. The molecule has 0 bridgehead atoms. The van der Waals surface area contributed by atoms with E-state index in [-0.39, 0.29) is 11.8 Å². The van der Waals surface area contributed by atoms with E-state index < -0.39 is 4.92 Å². The Kier molecular flexibility index (Phi) is 2.29. The summed E-state index contributed by atoms with van der Waals surface area (Å²) in [7, 11) is 0. The predicted molar refractivity (Wildman–Crippen MR) is 50.0 cm³/mol. The molecule has 0 unspecified atom stereocenters. The lowest BCUT2D eigenvalue weighted by atomic mass is 10.2. The molecule has 68 valence electrons. The first kappa shape index (κ1) is 9.21. The fraction of sp³-hybridized carbons (Fsp3) is 0. The molecule has 1 aromatic carbocycles. The summed E-state index contributed by atoms with van der Waals surface area (Å²) in [6.07, 6.45) is 1.76. The SMILES string of the molecule is N.O=[N+]([O-])c1ccc2[nH]ccc2c1. The van der Waals surface area contributed by atoms with Gasteiger partial charge in [-0.05, 0) is 12.1 Å².